The first-order valence-electron chi connectivity index (χ1n) is 6.75. The van der Waals surface area contributed by atoms with Crippen molar-refractivity contribution in [2.24, 2.45) is 0 Å². The largest absolute Gasteiger partial charge is 0.370 e. The SMILES string of the molecule is CC.CCN1CCOC2(C1)CN(C(C)C)C2. The number of likely N-dealkylation sites (N-methyl/N-ethyl adjacent to an activating group) is 1. The Morgan fingerprint density at radius 2 is 1.81 bits per heavy atom. The molecule has 0 bridgehead atoms. The van der Waals surface area contributed by atoms with E-state index in [2.05, 4.69) is 30.6 Å². The first kappa shape index (κ1) is 13.9. The van der Waals surface area contributed by atoms with Gasteiger partial charge in [0.2, 0.25) is 0 Å². The monoisotopic (exact) mass is 228 g/mol. The number of hydrogen-bond acceptors (Lipinski definition) is 3. The van der Waals surface area contributed by atoms with Crippen LogP contribution in [-0.2, 0) is 4.74 Å². The van der Waals surface area contributed by atoms with Crippen LogP contribution in [0, 0.1) is 0 Å². The number of morpholine rings is 1. The Bertz CT molecular complexity index is 200. The molecule has 3 nitrogen and oxygen atoms in total. The highest BCUT2D eigenvalue weighted by molar-refractivity contribution is 5.02. The molecule has 16 heavy (non-hydrogen) atoms. The number of rotatable bonds is 2. The molecule has 1 spiro atoms. The van der Waals surface area contributed by atoms with E-state index in [0.717, 1.165) is 39.3 Å². The second-order valence-corrected chi connectivity index (χ2v) is 4.90. The second kappa shape index (κ2) is 5.99. The van der Waals surface area contributed by atoms with Gasteiger partial charge >= 0.3 is 0 Å². The minimum atomic E-state index is 0.179. The molecular formula is C13H28N2O. The lowest BCUT2D eigenvalue weighted by Gasteiger charge is -2.55. The van der Waals surface area contributed by atoms with Crippen LogP contribution in [0.1, 0.15) is 34.6 Å². The highest BCUT2D eigenvalue weighted by Gasteiger charge is 2.47. The molecule has 96 valence electrons. The molecule has 2 fully saturated rings. The summed E-state index contributed by atoms with van der Waals surface area (Å²) in [6.45, 7) is 17.3. The fourth-order valence-electron chi connectivity index (χ4n) is 2.44. The van der Waals surface area contributed by atoms with Crippen molar-refractivity contribution in [3.05, 3.63) is 0 Å². The Morgan fingerprint density at radius 3 is 2.31 bits per heavy atom. The average molecular weight is 228 g/mol. The summed E-state index contributed by atoms with van der Waals surface area (Å²) in [4.78, 5) is 4.99. The third kappa shape index (κ3) is 2.96. The molecule has 0 unspecified atom stereocenters. The minimum Gasteiger partial charge on any atom is -0.370 e. The van der Waals surface area contributed by atoms with Gasteiger partial charge in [0, 0.05) is 32.2 Å². The van der Waals surface area contributed by atoms with Crippen LogP contribution in [0.25, 0.3) is 0 Å². The lowest BCUT2D eigenvalue weighted by Crippen LogP contribution is -2.71. The van der Waals surface area contributed by atoms with Crippen molar-refractivity contribution >= 4 is 0 Å². The summed E-state index contributed by atoms with van der Waals surface area (Å²) in [6, 6.07) is 0.668. The van der Waals surface area contributed by atoms with Gasteiger partial charge in [0.1, 0.15) is 5.60 Å². The van der Waals surface area contributed by atoms with E-state index in [9.17, 15) is 0 Å². The zero-order valence-electron chi connectivity index (χ0n) is 11.6. The maximum absolute atomic E-state index is 5.93. The summed E-state index contributed by atoms with van der Waals surface area (Å²) in [5.41, 5.74) is 0.179. The van der Waals surface area contributed by atoms with Crippen LogP contribution in [-0.4, -0.2) is 60.8 Å². The van der Waals surface area contributed by atoms with E-state index in [-0.39, 0.29) is 5.60 Å². The summed E-state index contributed by atoms with van der Waals surface area (Å²) in [5, 5.41) is 0. The molecule has 0 aromatic rings. The topological polar surface area (TPSA) is 15.7 Å². The number of likely N-dealkylation sites (tertiary alicyclic amines) is 1. The molecule has 0 aromatic carbocycles. The highest BCUT2D eigenvalue weighted by Crippen LogP contribution is 2.30. The van der Waals surface area contributed by atoms with Gasteiger partial charge in [-0.1, -0.05) is 20.8 Å². The summed E-state index contributed by atoms with van der Waals surface area (Å²) in [6.07, 6.45) is 0. The first-order valence-corrected chi connectivity index (χ1v) is 6.75. The van der Waals surface area contributed by atoms with Gasteiger partial charge in [-0.15, -0.1) is 0 Å². The quantitative estimate of drug-likeness (QED) is 0.717. The van der Waals surface area contributed by atoms with Crippen LogP contribution >= 0.6 is 0 Å². The van der Waals surface area contributed by atoms with E-state index in [1.54, 1.807) is 0 Å². The minimum absolute atomic E-state index is 0.179. The maximum atomic E-state index is 5.93. The van der Waals surface area contributed by atoms with Crippen molar-refractivity contribution in [1.82, 2.24) is 9.80 Å². The Hall–Kier alpha value is -0.120. The molecule has 0 atom stereocenters. The molecular weight excluding hydrogens is 200 g/mol. The van der Waals surface area contributed by atoms with Crippen molar-refractivity contribution in [2.75, 3.05) is 39.3 Å². The van der Waals surface area contributed by atoms with Crippen LogP contribution in [0.15, 0.2) is 0 Å². The fraction of sp³-hybridized carbons (Fsp3) is 1.00. The fourth-order valence-corrected chi connectivity index (χ4v) is 2.44. The molecule has 3 heteroatoms. The number of ether oxygens (including phenoxy) is 1. The highest BCUT2D eigenvalue weighted by atomic mass is 16.5. The van der Waals surface area contributed by atoms with Crippen molar-refractivity contribution < 1.29 is 4.74 Å². The molecule has 2 heterocycles. The van der Waals surface area contributed by atoms with Gasteiger partial charge in [-0.05, 0) is 20.4 Å². The van der Waals surface area contributed by atoms with Gasteiger partial charge in [0.25, 0.3) is 0 Å². The van der Waals surface area contributed by atoms with Crippen molar-refractivity contribution in [1.29, 1.82) is 0 Å². The number of nitrogens with zero attached hydrogens (tertiary/aromatic N) is 2. The normalized spacial score (nSPS) is 25.1. The van der Waals surface area contributed by atoms with E-state index in [0.29, 0.717) is 6.04 Å². The van der Waals surface area contributed by atoms with Gasteiger partial charge in [-0.25, -0.2) is 0 Å². The molecule has 2 aliphatic rings. The van der Waals surface area contributed by atoms with Crippen LogP contribution in [0.5, 0.6) is 0 Å². The van der Waals surface area contributed by atoms with E-state index < -0.39 is 0 Å². The molecule has 0 aromatic heterocycles. The van der Waals surface area contributed by atoms with E-state index in [4.69, 9.17) is 4.74 Å². The van der Waals surface area contributed by atoms with Crippen molar-refractivity contribution in [3.8, 4) is 0 Å². The lowest BCUT2D eigenvalue weighted by atomic mass is 9.90. The summed E-state index contributed by atoms with van der Waals surface area (Å²) in [5.74, 6) is 0. The molecule has 0 radical (unpaired) electrons. The zero-order chi connectivity index (χ0) is 12.2. The molecule has 0 aliphatic carbocycles. The van der Waals surface area contributed by atoms with E-state index in [1.165, 1.54) is 0 Å². The Labute approximate surface area is 101 Å². The van der Waals surface area contributed by atoms with Gasteiger partial charge < -0.3 is 4.74 Å². The Kier molecular flexibility index (Phi) is 5.22. The third-order valence-electron chi connectivity index (χ3n) is 3.49. The third-order valence-corrected chi connectivity index (χ3v) is 3.49. The van der Waals surface area contributed by atoms with Crippen LogP contribution in [0.4, 0.5) is 0 Å². The Balaban J connectivity index is 0.000000606. The zero-order valence-corrected chi connectivity index (χ0v) is 11.6. The molecule has 0 amide bonds. The van der Waals surface area contributed by atoms with Gasteiger partial charge in [0.15, 0.2) is 0 Å². The van der Waals surface area contributed by atoms with Gasteiger partial charge in [-0.2, -0.15) is 0 Å². The summed E-state index contributed by atoms with van der Waals surface area (Å²) in [7, 11) is 0. The summed E-state index contributed by atoms with van der Waals surface area (Å²) < 4.78 is 5.93. The maximum Gasteiger partial charge on any atom is 0.106 e. The Morgan fingerprint density at radius 1 is 1.19 bits per heavy atom. The van der Waals surface area contributed by atoms with E-state index in [1.807, 2.05) is 13.8 Å². The van der Waals surface area contributed by atoms with Crippen LogP contribution in [0.2, 0.25) is 0 Å². The standard InChI is InChI=1S/C11H22N2O.C2H6/c1-4-12-5-6-14-11(7-12)8-13(9-11)10(2)3;1-2/h10H,4-9H2,1-3H3;1-2H3. The second-order valence-electron chi connectivity index (χ2n) is 4.90. The van der Waals surface area contributed by atoms with Gasteiger partial charge in [0.05, 0.1) is 6.61 Å². The summed E-state index contributed by atoms with van der Waals surface area (Å²) >= 11 is 0. The van der Waals surface area contributed by atoms with Crippen LogP contribution in [0.3, 0.4) is 0 Å². The molecule has 0 saturated carbocycles. The molecule has 2 aliphatic heterocycles. The van der Waals surface area contributed by atoms with Gasteiger partial charge in [-0.3, -0.25) is 9.80 Å². The predicted molar refractivity (Wildman–Crippen MR) is 68.9 cm³/mol. The van der Waals surface area contributed by atoms with Crippen LogP contribution < -0.4 is 0 Å². The van der Waals surface area contributed by atoms with Crippen molar-refractivity contribution in [3.63, 3.8) is 0 Å². The lowest BCUT2D eigenvalue weighted by molar-refractivity contribution is -0.189. The molecule has 2 rings (SSSR count). The van der Waals surface area contributed by atoms with E-state index >= 15 is 0 Å². The average Bonchev–Trinajstić information content (AvgIpc) is 2.28. The molecule has 0 N–H and O–H groups in total. The first-order chi connectivity index (χ1) is 7.65. The molecule has 2 saturated heterocycles. The van der Waals surface area contributed by atoms with Crippen molar-refractivity contribution in [2.45, 2.75) is 46.3 Å². The number of hydrogen-bond donors (Lipinski definition) is 0. The smallest absolute Gasteiger partial charge is 0.106 e. The predicted octanol–water partition coefficient (Wildman–Crippen LogP) is 1.83.